The van der Waals surface area contributed by atoms with Crippen molar-refractivity contribution in [2.24, 2.45) is 20.0 Å². The lowest BCUT2D eigenvalue weighted by molar-refractivity contribution is -0.124. The molecule has 37 heavy (non-hydrogen) atoms. The minimum absolute atomic E-state index is 0.0197. The lowest BCUT2D eigenvalue weighted by Gasteiger charge is -2.31. The molecule has 4 heterocycles. The van der Waals surface area contributed by atoms with Gasteiger partial charge < -0.3 is 25.3 Å². The van der Waals surface area contributed by atoms with E-state index in [0.29, 0.717) is 43.1 Å². The number of aromatic nitrogens is 3. The summed E-state index contributed by atoms with van der Waals surface area (Å²) in [6.45, 7) is 3.06. The number of benzene rings is 1. The average molecular weight is 503 g/mol. The number of hydrogen-bond donors (Lipinski definition) is 3. The Hall–Kier alpha value is -3.92. The zero-order valence-corrected chi connectivity index (χ0v) is 21.1. The van der Waals surface area contributed by atoms with Gasteiger partial charge in [-0.05, 0) is 54.7 Å². The SMILES string of the molecule is CC1C(c2cccn2C)C1(NC(=O)c1ccnn1C)C(=O)Nc1ccc2c(c1)NC(=O)C21CCOCC1. The molecule has 3 aliphatic rings. The third kappa shape index (κ3) is 3.42. The molecule has 6 rings (SSSR count). The van der Waals surface area contributed by atoms with Crippen LogP contribution in [0.1, 0.15) is 47.4 Å². The third-order valence-corrected chi connectivity index (χ3v) is 8.47. The molecule has 1 spiro atoms. The first kappa shape index (κ1) is 23.5. The fraction of sp³-hybridized carbons (Fsp3) is 0.407. The second-order valence-electron chi connectivity index (χ2n) is 10.3. The normalized spacial score (nSPS) is 25.4. The number of anilines is 2. The third-order valence-electron chi connectivity index (χ3n) is 8.47. The highest BCUT2D eigenvalue weighted by Gasteiger charge is 2.69. The van der Waals surface area contributed by atoms with Crippen LogP contribution < -0.4 is 16.0 Å². The predicted molar refractivity (Wildman–Crippen MR) is 136 cm³/mol. The minimum Gasteiger partial charge on any atom is -0.381 e. The van der Waals surface area contributed by atoms with Crippen LogP contribution in [0.25, 0.3) is 0 Å². The van der Waals surface area contributed by atoms with Gasteiger partial charge in [0.25, 0.3) is 11.8 Å². The molecule has 2 aliphatic heterocycles. The van der Waals surface area contributed by atoms with Gasteiger partial charge in [-0.3, -0.25) is 19.1 Å². The maximum absolute atomic E-state index is 13.9. The topological polar surface area (TPSA) is 119 Å². The fourth-order valence-corrected chi connectivity index (χ4v) is 6.25. The minimum atomic E-state index is -1.14. The smallest absolute Gasteiger partial charge is 0.270 e. The van der Waals surface area contributed by atoms with E-state index in [-0.39, 0.29) is 29.6 Å². The van der Waals surface area contributed by atoms with E-state index in [1.54, 1.807) is 25.4 Å². The van der Waals surface area contributed by atoms with E-state index in [1.165, 1.54) is 4.68 Å². The zero-order chi connectivity index (χ0) is 25.9. The number of nitrogens with one attached hydrogen (secondary N) is 3. The van der Waals surface area contributed by atoms with E-state index in [9.17, 15) is 14.4 Å². The summed E-state index contributed by atoms with van der Waals surface area (Å²) in [6.07, 6.45) is 4.76. The lowest BCUT2D eigenvalue weighted by Crippen LogP contribution is -2.49. The second kappa shape index (κ2) is 8.31. The van der Waals surface area contributed by atoms with Crippen molar-refractivity contribution in [3.8, 4) is 0 Å². The quantitative estimate of drug-likeness (QED) is 0.495. The second-order valence-corrected chi connectivity index (χ2v) is 10.3. The van der Waals surface area contributed by atoms with Crippen molar-refractivity contribution < 1.29 is 19.1 Å². The van der Waals surface area contributed by atoms with E-state index in [1.807, 2.05) is 49.0 Å². The predicted octanol–water partition coefficient (Wildman–Crippen LogP) is 2.30. The molecule has 10 nitrogen and oxygen atoms in total. The first-order chi connectivity index (χ1) is 17.8. The number of hydrogen-bond acceptors (Lipinski definition) is 5. The van der Waals surface area contributed by atoms with Gasteiger partial charge in [-0.15, -0.1) is 0 Å². The number of amides is 3. The van der Waals surface area contributed by atoms with Gasteiger partial charge in [-0.2, -0.15) is 5.10 Å². The highest BCUT2D eigenvalue weighted by molar-refractivity contribution is 6.09. The van der Waals surface area contributed by atoms with Crippen molar-refractivity contribution in [1.82, 2.24) is 19.7 Å². The summed E-state index contributed by atoms with van der Waals surface area (Å²) in [5, 5.41) is 13.2. The molecule has 2 fully saturated rings. The molecular weight excluding hydrogens is 472 g/mol. The summed E-state index contributed by atoms with van der Waals surface area (Å²) in [5.41, 5.74) is 1.84. The van der Waals surface area contributed by atoms with Crippen molar-refractivity contribution in [3.05, 3.63) is 65.7 Å². The molecule has 3 atom stereocenters. The molecule has 10 heteroatoms. The first-order valence-electron chi connectivity index (χ1n) is 12.5. The fourth-order valence-electron chi connectivity index (χ4n) is 6.25. The number of fused-ring (bicyclic) bond motifs is 2. The van der Waals surface area contributed by atoms with Crippen LogP contribution >= 0.6 is 0 Å². The number of carbonyl (C=O) groups is 3. The highest BCUT2D eigenvalue weighted by atomic mass is 16.5. The molecule has 1 saturated heterocycles. The van der Waals surface area contributed by atoms with E-state index >= 15 is 0 Å². The lowest BCUT2D eigenvalue weighted by atomic mass is 9.75. The van der Waals surface area contributed by atoms with Crippen LogP contribution in [-0.2, 0) is 33.8 Å². The molecule has 192 valence electrons. The van der Waals surface area contributed by atoms with E-state index < -0.39 is 11.0 Å². The Kier molecular flexibility index (Phi) is 5.27. The molecule has 1 saturated carbocycles. The van der Waals surface area contributed by atoms with Gasteiger partial charge in [0.2, 0.25) is 5.91 Å². The van der Waals surface area contributed by atoms with Crippen LogP contribution in [0.15, 0.2) is 48.8 Å². The summed E-state index contributed by atoms with van der Waals surface area (Å²) < 4.78 is 8.95. The van der Waals surface area contributed by atoms with E-state index in [0.717, 1.165) is 11.3 Å². The Morgan fingerprint density at radius 2 is 1.95 bits per heavy atom. The number of aryl methyl sites for hydroxylation is 2. The molecule has 3 aromatic rings. The summed E-state index contributed by atoms with van der Waals surface area (Å²) in [4.78, 5) is 40.1. The standard InChI is InChI=1S/C27H30N6O4/c1-16-22(20-5-4-12-32(20)2)27(16,31-23(34)21-8-11-28-33(21)3)25(36)29-17-6-7-18-19(15-17)30-24(35)26(18)9-13-37-14-10-26/h4-8,11-12,15-16,22H,9-10,13-14H2,1-3H3,(H,29,36)(H,30,35)(H,31,34). The Bertz CT molecular complexity index is 1420. The van der Waals surface area contributed by atoms with Crippen LogP contribution in [-0.4, -0.2) is 50.8 Å². The van der Waals surface area contributed by atoms with Crippen molar-refractivity contribution in [3.63, 3.8) is 0 Å². The van der Waals surface area contributed by atoms with Gasteiger partial charge in [-0.25, -0.2) is 0 Å². The van der Waals surface area contributed by atoms with Crippen molar-refractivity contribution in [1.29, 1.82) is 0 Å². The molecule has 3 amide bonds. The van der Waals surface area contributed by atoms with Crippen molar-refractivity contribution in [2.45, 2.75) is 36.6 Å². The maximum atomic E-state index is 13.9. The summed E-state index contributed by atoms with van der Waals surface area (Å²) in [6, 6.07) is 11.1. The number of ether oxygens (including phenoxy) is 1. The number of rotatable bonds is 5. The van der Waals surface area contributed by atoms with Gasteiger partial charge in [-0.1, -0.05) is 13.0 Å². The maximum Gasteiger partial charge on any atom is 0.270 e. The summed E-state index contributed by atoms with van der Waals surface area (Å²) in [7, 11) is 3.62. The van der Waals surface area contributed by atoms with E-state index in [2.05, 4.69) is 21.0 Å². The van der Waals surface area contributed by atoms with Gasteiger partial charge >= 0.3 is 0 Å². The summed E-state index contributed by atoms with van der Waals surface area (Å²) in [5.74, 6) is -1.02. The molecule has 2 aromatic heterocycles. The van der Waals surface area contributed by atoms with Crippen LogP contribution in [0.5, 0.6) is 0 Å². The molecular formula is C27H30N6O4. The van der Waals surface area contributed by atoms with Crippen LogP contribution in [0.4, 0.5) is 11.4 Å². The van der Waals surface area contributed by atoms with E-state index in [4.69, 9.17) is 4.74 Å². The van der Waals surface area contributed by atoms with Crippen LogP contribution in [0, 0.1) is 5.92 Å². The highest BCUT2D eigenvalue weighted by Crippen LogP contribution is 2.58. The van der Waals surface area contributed by atoms with Gasteiger partial charge in [0.15, 0.2) is 0 Å². The molecule has 3 N–H and O–H groups in total. The Morgan fingerprint density at radius 1 is 1.16 bits per heavy atom. The van der Waals surface area contributed by atoms with Crippen molar-refractivity contribution in [2.75, 3.05) is 23.8 Å². The number of carbonyl (C=O) groups excluding carboxylic acids is 3. The molecule has 0 bridgehead atoms. The summed E-state index contributed by atoms with van der Waals surface area (Å²) >= 11 is 0. The average Bonchev–Trinajstić information content (AvgIpc) is 3.26. The Labute approximate surface area is 214 Å². The largest absolute Gasteiger partial charge is 0.381 e. The first-order valence-corrected chi connectivity index (χ1v) is 12.5. The molecule has 3 unspecified atom stereocenters. The zero-order valence-electron chi connectivity index (χ0n) is 21.1. The van der Waals surface area contributed by atoms with Gasteiger partial charge in [0, 0.05) is 62.7 Å². The van der Waals surface area contributed by atoms with Gasteiger partial charge in [0.05, 0.1) is 5.41 Å². The number of nitrogens with zero attached hydrogens (tertiary/aromatic N) is 3. The van der Waals surface area contributed by atoms with Gasteiger partial charge in [0.1, 0.15) is 11.2 Å². The molecule has 1 aromatic carbocycles. The molecule has 0 radical (unpaired) electrons. The Balaban J connectivity index is 1.30. The van der Waals surface area contributed by atoms with Crippen molar-refractivity contribution >= 4 is 29.1 Å². The molecule has 1 aliphatic carbocycles. The Morgan fingerprint density at radius 3 is 2.62 bits per heavy atom. The van der Waals surface area contributed by atoms with Crippen LogP contribution in [0.3, 0.4) is 0 Å². The van der Waals surface area contributed by atoms with Crippen LogP contribution in [0.2, 0.25) is 0 Å². The monoisotopic (exact) mass is 502 g/mol.